The predicted octanol–water partition coefficient (Wildman–Crippen LogP) is 3.65. The fourth-order valence-electron chi connectivity index (χ4n) is 3.09. The maximum atomic E-state index is 13.2. The highest BCUT2D eigenvalue weighted by molar-refractivity contribution is 5.87. The number of aryl methyl sites for hydroxylation is 1. The Bertz CT molecular complexity index is 940. The van der Waals surface area contributed by atoms with Crippen LogP contribution in [0.15, 0.2) is 36.5 Å². The Balaban J connectivity index is 1.51. The van der Waals surface area contributed by atoms with E-state index in [4.69, 9.17) is 0 Å². The Kier molecular flexibility index (Phi) is 4.41. The molecule has 1 aromatic carbocycles. The van der Waals surface area contributed by atoms with Gasteiger partial charge in [0, 0.05) is 32.5 Å². The smallest absolute Gasteiger partial charge is 0.253 e. The van der Waals surface area contributed by atoms with Crippen LogP contribution in [0.3, 0.4) is 0 Å². The van der Waals surface area contributed by atoms with Gasteiger partial charge in [0.2, 0.25) is 5.95 Å². The minimum atomic E-state index is -2.56. The highest BCUT2D eigenvalue weighted by atomic mass is 19.3. The lowest BCUT2D eigenvalue weighted by atomic mass is 10.0. The Morgan fingerprint density at radius 2 is 1.96 bits per heavy atom. The number of aromatic nitrogens is 4. The molecule has 2 aromatic heterocycles. The molecule has 0 radical (unpaired) electrons. The maximum absolute atomic E-state index is 13.2. The number of fused-ring (bicyclic) bond motifs is 1. The second-order valence-corrected chi connectivity index (χ2v) is 7.14. The SMILES string of the molecule is CC(CNc1nc(NCC2CC2(F)F)c2cnn(C)c2n1)c1ccccc1. The molecule has 0 amide bonds. The molecule has 2 atom stereocenters. The van der Waals surface area contributed by atoms with Crippen molar-refractivity contribution in [1.29, 1.82) is 0 Å². The van der Waals surface area contributed by atoms with E-state index >= 15 is 0 Å². The number of alkyl halides is 2. The molecule has 1 aliphatic carbocycles. The van der Waals surface area contributed by atoms with Crippen molar-refractivity contribution in [2.75, 3.05) is 23.7 Å². The van der Waals surface area contributed by atoms with Gasteiger partial charge in [-0.3, -0.25) is 4.68 Å². The van der Waals surface area contributed by atoms with E-state index in [0.29, 0.717) is 24.0 Å². The second-order valence-electron chi connectivity index (χ2n) is 7.14. The maximum Gasteiger partial charge on any atom is 0.253 e. The summed E-state index contributed by atoms with van der Waals surface area (Å²) in [4.78, 5) is 9.02. The first-order valence-electron chi connectivity index (χ1n) is 9.04. The largest absolute Gasteiger partial charge is 0.369 e. The van der Waals surface area contributed by atoms with Crippen molar-refractivity contribution in [1.82, 2.24) is 19.7 Å². The summed E-state index contributed by atoms with van der Waals surface area (Å²) >= 11 is 0. The number of nitrogens with one attached hydrogen (secondary N) is 2. The Hall–Kier alpha value is -2.77. The van der Waals surface area contributed by atoms with E-state index in [1.54, 1.807) is 17.9 Å². The van der Waals surface area contributed by atoms with Crippen LogP contribution in [0.25, 0.3) is 11.0 Å². The van der Waals surface area contributed by atoms with E-state index in [2.05, 4.69) is 44.8 Å². The normalized spacial score (nSPS) is 19.0. The molecule has 1 fully saturated rings. The molecule has 0 saturated heterocycles. The molecular weight excluding hydrogens is 350 g/mol. The molecule has 1 saturated carbocycles. The number of anilines is 2. The summed E-state index contributed by atoms with van der Waals surface area (Å²) in [5, 5.41) is 11.2. The lowest BCUT2D eigenvalue weighted by Gasteiger charge is -2.14. The Labute approximate surface area is 156 Å². The van der Waals surface area contributed by atoms with E-state index < -0.39 is 11.8 Å². The molecular formula is C19H22F2N6. The minimum Gasteiger partial charge on any atom is -0.369 e. The van der Waals surface area contributed by atoms with Gasteiger partial charge in [-0.05, 0) is 11.5 Å². The van der Waals surface area contributed by atoms with Crippen LogP contribution >= 0.6 is 0 Å². The summed E-state index contributed by atoms with van der Waals surface area (Å²) in [6, 6.07) is 10.2. The summed E-state index contributed by atoms with van der Waals surface area (Å²) in [5.41, 5.74) is 1.88. The van der Waals surface area contributed by atoms with Crippen molar-refractivity contribution in [2.24, 2.45) is 13.0 Å². The van der Waals surface area contributed by atoms with Gasteiger partial charge in [0.25, 0.3) is 5.92 Å². The van der Waals surface area contributed by atoms with Crippen LogP contribution in [0.1, 0.15) is 24.8 Å². The molecule has 8 heteroatoms. The second kappa shape index (κ2) is 6.75. The van der Waals surface area contributed by atoms with E-state index in [-0.39, 0.29) is 18.9 Å². The van der Waals surface area contributed by atoms with Crippen LogP contribution in [0, 0.1) is 5.92 Å². The predicted molar refractivity (Wildman–Crippen MR) is 101 cm³/mol. The van der Waals surface area contributed by atoms with E-state index in [1.807, 2.05) is 18.2 Å². The average molecular weight is 372 g/mol. The van der Waals surface area contributed by atoms with Gasteiger partial charge in [-0.1, -0.05) is 37.3 Å². The van der Waals surface area contributed by atoms with Gasteiger partial charge >= 0.3 is 0 Å². The number of benzene rings is 1. The third-order valence-electron chi connectivity index (χ3n) is 5.00. The van der Waals surface area contributed by atoms with Crippen molar-refractivity contribution < 1.29 is 8.78 Å². The summed E-state index contributed by atoms with van der Waals surface area (Å²) < 4.78 is 28.0. The molecule has 0 spiro atoms. The molecule has 0 aliphatic heterocycles. The average Bonchev–Trinajstić information content (AvgIpc) is 3.11. The van der Waals surface area contributed by atoms with Crippen LogP contribution in [0.2, 0.25) is 0 Å². The number of halogens is 2. The zero-order valence-corrected chi connectivity index (χ0v) is 15.3. The molecule has 6 nitrogen and oxygen atoms in total. The summed E-state index contributed by atoms with van der Waals surface area (Å²) in [6.07, 6.45) is 1.58. The first-order valence-corrected chi connectivity index (χ1v) is 9.04. The van der Waals surface area contributed by atoms with Crippen molar-refractivity contribution in [3.8, 4) is 0 Å². The standard InChI is InChI=1S/C19H22F2N6/c1-12(13-6-4-3-5-7-13)9-23-18-25-16(22-10-14-8-19(14,20)21)15-11-24-27(2)17(15)26-18/h3-7,11-12,14H,8-10H2,1-2H3,(H2,22,23,25,26). The monoisotopic (exact) mass is 372 g/mol. The van der Waals surface area contributed by atoms with E-state index in [1.165, 1.54) is 5.56 Å². The van der Waals surface area contributed by atoms with Crippen molar-refractivity contribution >= 4 is 22.8 Å². The van der Waals surface area contributed by atoms with Gasteiger partial charge in [-0.2, -0.15) is 15.1 Å². The fourth-order valence-corrected chi connectivity index (χ4v) is 3.09. The first kappa shape index (κ1) is 17.6. The van der Waals surface area contributed by atoms with E-state index in [0.717, 1.165) is 5.39 Å². The molecule has 1 aliphatic rings. The topological polar surface area (TPSA) is 67.7 Å². The third kappa shape index (κ3) is 3.70. The number of hydrogen-bond acceptors (Lipinski definition) is 5. The highest BCUT2D eigenvalue weighted by Crippen LogP contribution is 2.48. The molecule has 2 unspecified atom stereocenters. The number of hydrogen-bond donors (Lipinski definition) is 2. The van der Waals surface area contributed by atoms with Crippen molar-refractivity contribution in [3.63, 3.8) is 0 Å². The zero-order chi connectivity index (χ0) is 19.0. The van der Waals surface area contributed by atoms with Crippen molar-refractivity contribution in [3.05, 3.63) is 42.1 Å². The number of nitrogens with zero attached hydrogens (tertiary/aromatic N) is 4. The Morgan fingerprint density at radius 1 is 1.22 bits per heavy atom. The third-order valence-corrected chi connectivity index (χ3v) is 5.00. The van der Waals surface area contributed by atoms with Gasteiger partial charge in [-0.25, -0.2) is 8.78 Å². The number of rotatable bonds is 7. The summed E-state index contributed by atoms with van der Waals surface area (Å²) in [6.45, 7) is 2.97. The van der Waals surface area contributed by atoms with Crippen LogP contribution in [0.5, 0.6) is 0 Å². The molecule has 2 N–H and O–H groups in total. The molecule has 3 aromatic rings. The fraction of sp³-hybridized carbons (Fsp3) is 0.421. The van der Waals surface area contributed by atoms with Crippen LogP contribution in [-0.2, 0) is 7.05 Å². The van der Waals surface area contributed by atoms with Gasteiger partial charge in [0.1, 0.15) is 5.82 Å². The van der Waals surface area contributed by atoms with Gasteiger partial charge in [0.15, 0.2) is 5.65 Å². The van der Waals surface area contributed by atoms with Crippen LogP contribution < -0.4 is 10.6 Å². The van der Waals surface area contributed by atoms with Gasteiger partial charge in [0.05, 0.1) is 11.6 Å². The first-order chi connectivity index (χ1) is 12.9. The Morgan fingerprint density at radius 3 is 2.67 bits per heavy atom. The van der Waals surface area contributed by atoms with Crippen LogP contribution in [-0.4, -0.2) is 38.8 Å². The molecule has 4 rings (SSSR count). The minimum absolute atomic E-state index is 0.0685. The zero-order valence-electron chi connectivity index (χ0n) is 15.3. The summed E-state index contributed by atoms with van der Waals surface area (Å²) in [7, 11) is 1.80. The van der Waals surface area contributed by atoms with Crippen molar-refractivity contribution in [2.45, 2.75) is 25.2 Å². The lowest BCUT2D eigenvalue weighted by molar-refractivity contribution is 0.101. The molecule has 27 heavy (non-hydrogen) atoms. The molecule has 0 bridgehead atoms. The summed E-state index contributed by atoms with van der Waals surface area (Å²) in [5.74, 6) is -1.92. The highest BCUT2D eigenvalue weighted by Gasteiger charge is 2.56. The lowest BCUT2D eigenvalue weighted by Crippen LogP contribution is -2.15. The van der Waals surface area contributed by atoms with E-state index in [9.17, 15) is 8.78 Å². The molecule has 2 heterocycles. The van der Waals surface area contributed by atoms with Gasteiger partial charge in [-0.15, -0.1) is 0 Å². The quantitative estimate of drug-likeness (QED) is 0.663. The van der Waals surface area contributed by atoms with Gasteiger partial charge < -0.3 is 10.6 Å². The van der Waals surface area contributed by atoms with Crippen LogP contribution in [0.4, 0.5) is 20.5 Å². The molecule has 142 valence electrons.